The number of hydrogen-bond donors (Lipinski definition) is 1. The molecule has 31 heavy (non-hydrogen) atoms. The standard InChI is InChI=1S/C23H23N5O3/c1-26-23(31)28-19-13-16(20(29)24-17-9-5-6-10-17)11-12-18(19)21(30)27(22(28)25-26)14-15-7-3-2-4-8-15/h2-4,7-8,11-13,17H,5-6,9-10,14H2,1H3,(H,24,29). The second kappa shape index (κ2) is 7.54. The smallest absolute Gasteiger partial charge is 0.349 e. The van der Waals surface area contributed by atoms with Gasteiger partial charge < -0.3 is 5.32 Å². The van der Waals surface area contributed by atoms with Crippen LogP contribution in [0.1, 0.15) is 41.6 Å². The van der Waals surface area contributed by atoms with Crippen LogP contribution in [0.15, 0.2) is 58.1 Å². The molecule has 0 atom stereocenters. The molecule has 0 aliphatic heterocycles. The van der Waals surface area contributed by atoms with Gasteiger partial charge in [0.2, 0.25) is 5.78 Å². The highest BCUT2D eigenvalue weighted by molar-refractivity contribution is 5.98. The topological polar surface area (TPSA) is 90.4 Å². The highest BCUT2D eigenvalue weighted by Gasteiger charge is 2.21. The molecule has 1 fully saturated rings. The van der Waals surface area contributed by atoms with Gasteiger partial charge in [-0.2, -0.15) is 0 Å². The molecule has 1 saturated carbocycles. The third-order valence-electron chi connectivity index (χ3n) is 6.00. The molecule has 158 valence electrons. The highest BCUT2D eigenvalue weighted by Crippen LogP contribution is 2.19. The van der Waals surface area contributed by atoms with Crippen LogP contribution in [0, 0.1) is 0 Å². The number of hydrogen-bond acceptors (Lipinski definition) is 4. The van der Waals surface area contributed by atoms with Crippen LogP contribution in [0.25, 0.3) is 16.7 Å². The van der Waals surface area contributed by atoms with E-state index in [0.717, 1.165) is 31.2 Å². The average molecular weight is 417 g/mol. The summed E-state index contributed by atoms with van der Waals surface area (Å²) in [6.45, 7) is 0.291. The number of amides is 1. The Morgan fingerprint density at radius 3 is 2.58 bits per heavy atom. The molecule has 8 heteroatoms. The van der Waals surface area contributed by atoms with Crippen LogP contribution in [0.2, 0.25) is 0 Å². The predicted octanol–water partition coefficient (Wildman–Crippen LogP) is 2.07. The molecule has 0 saturated heterocycles. The zero-order chi connectivity index (χ0) is 21.5. The molecule has 1 N–H and O–H groups in total. The highest BCUT2D eigenvalue weighted by atomic mass is 16.2. The molecule has 5 rings (SSSR count). The maximum absolute atomic E-state index is 13.3. The molecule has 0 bridgehead atoms. The minimum Gasteiger partial charge on any atom is -0.349 e. The van der Waals surface area contributed by atoms with E-state index in [0.29, 0.717) is 23.0 Å². The minimum atomic E-state index is -0.366. The van der Waals surface area contributed by atoms with Crippen LogP contribution in [0.3, 0.4) is 0 Å². The first-order valence-corrected chi connectivity index (χ1v) is 10.5. The number of benzene rings is 2. The first-order chi connectivity index (χ1) is 15.0. The Kier molecular flexibility index (Phi) is 4.69. The summed E-state index contributed by atoms with van der Waals surface area (Å²) in [6, 6.07) is 14.6. The van der Waals surface area contributed by atoms with Crippen molar-refractivity contribution >= 4 is 22.6 Å². The zero-order valence-corrected chi connectivity index (χ0v) is 17.2. The van der Waals surface area contributed by atoms with Gasteiger partial charge in [0.05, 0.1) is 17.4 Å². The number of aryl methyl sites for hydroxylation is 1. The van der Waals surface area contributed by atoms with E-state index in [4.69, 9.17) is 0 Å². The molecule has 1 aliphatic carbocycles. The van der Waals surface area contributed by atoms with E-state index in [1.165, 1.54) is 13.6 Å². The number of nitrogens with zero attached hydrogens (tertiary/aromatic N) is 4. The lowest BCUT2D eigenvalue weighted by Gasteiger charge is -2.13. The molecular weight excluding hydrogens is 394 g/mol. The van der Waals surface area contributed by atoms with Crippen molar-refractivity contribution in [3.63, 3.8) is 0 Å². The Hall–Kier alpha value is -3.68. The summed E-state index contributed by atoms with van der Waals surface area (Å²) in [5.41, 5.74) is 1.13. The Morgan fingerprint density at radius 2 is 1.84 bits per heavy atom. The van der Waals surface area contributed by atoms with Gasteiger partial charge >= 0.3 is 5.69 Å². The zero-order valence-electron chi connectivity index (χ0n) is 17.2. The molecule has 0 radical (unpaired) electrons. The average Bonchev–Trinajstić information content (AvgIpc) is 3.39. The van der Waals surface area contributed by atoms with E-state index in [-0.39, 0.29) is 29.0 Å². The van der Waals surface area contributed by atoms with Crippen molar-refractivity contribution in [3.05, 3.63) is 80.5 Å². The van der Waals surface area contributed by atoms with Crippen molar-refractivity contribution in [2.45, 2.75) is 38.3 Å². The van der Waals surface area contributed by atoms with Gasteiger partial charge in [0, 0.05) is 18.7 Å². The predicted molar refractivity (Wildman–Crippen MR) is 117 cm³/mol. The fourth-order valence-electron chi connectivity index (χ4n) is 4.36. The van der Waals surface area contributed by atoms with Gasteiger partial charge in [0.25, 0.3) is 11.5 Å². The van der Waals surface area contributed by atoms with E-state index in [1.807, 2.05) is 30.3 Å². The van der Waals surface area contributed by atoms with Gasteiger partial charge in [-0.1, -0.05) is 43.2 Å². The number of nitrogens with one attached hydrogen (secondary N) is 1. The Morgan fingerprint density at radius 1 is 1.10 bits per heavy atom. The second-order valence-electron chi connectivity index (χ2n) is 8.11. The van der Waals surface area contributed by atoms with Crippen LogP contribution in [-0.4, -0.2) is 30.7 Å². The molecule has 2 aromatic carbocycles. The van der Waals surface area contributed by atoms with Crippen LogP contribution >= 0.6 is 0 Å². The number of carbonyl (C=O) groups excluding carboxylic acids is 1. The number of carbonyl (C=O) groups is 1. The molecule has 0 spiro atoms. The minimum absolute atomic E-state index is 0.184. The van der Waals surface area contributed by atoms with Gasteiger partial charge in [-0.25, -0.2) is 13.9 Å². The van der Waals surface area contributed by atoms with Crippen molar-refractivity contribution < 1.29 is 4.79 Å². The summed E-state index contributed by atoms with van der Waals surface area (Å²) < 4.78 is 4.12. The summed E-state index contributed by atoms with van der Waals surface area (Å²) in [6.07, 6.45) is 4.20. The van der Waals surface area contributed by atoms with Crippen LogP contribution in [0.5, 0.6) is 0 Å². The quantitative estimate of drug-likeness (QED) is 0.550. The molecule has 1 aliphatic rings. The van der Waals surface area contributed by atoms with Gasteiger partial charge in [-0.15, -0.1) is 5.10 Å². The van der Waals surface area contributed by atoms with Gasteiger partial charge in [0.1, 0.15) is 0 Å². The third kappa shape index (κ3) is 3.34. The molecule has 8 nitrogen and oxygen atoms in total. The van der Waals surface area contributed by atoms with Gasteiger partial charge in [-0.05, 0) is 36.6 Å². The van der Waals surface area contributed by atoms with Crippen LogP contribution in [-0.2, 0) is 13.6 Å². The normalized spacial score (nSPS) is 14.5. The maximum atomic E-state index is 13.3. The molecule has 0 unspecified atom stereocenters. The SMILES string of the molecule is Cn1nc2n(Cc3ccccc3)c(=O)c3ccc(C(=O)NC4CCCC4)cc3n2c1=O. The molecule has 4 aromatic rings. The monoisotopic (exact) mass is 417 g/mol. The van der Waals surface area contributed by atoms with E-state index in [2.05, 4.69) is 10.4 Å². The number of fused-ring (bicyclic) bond motifs is 3. The Balaban J connectivity index is 1.68. The van der Waals surface area contributed by atoms with Crippen molar-refractivity contribution in [1.29, 1.82) is 0 Å². The van der Waals surface area contributed by atoms with Crippen molar-refractivity contribution in [1.82, 2.24) is 24.1 Å². The molecule has 2 heterocycles. The van der Waals surface area contributed by atoms with E-state index in [9.17, 15) is 14.4 Å². The lowest BCUT2D eigenvalue weighted by atomic mass is 10.1. The van der Waals surface area contributed by atoms with E-state index >= 15 is 0 Å². The Bertz CT molecular complexity index is 1410. The van der Waals surface area contributed by atoms with Crippen molar-refractivity contribution in [2.75, 3.05) is 0 Å². The summed E-state index contributed by atoms with van der Waals surface area (Å²) in [7, 11) is 1.55. The van der Waals surface area contributed by atoms with Crippen LogP contribution < -0.4 is 16.6 Å². The van der Waals surface area contributed by atoms with E-state index in [1.54, 1.807) is 25.2 Å². The third-order valence-corrected chi connectivity index (χ3v) is 6.00. The van der Waals surface area contributed by atoms with E-state index < -0.39 is 0 Å². The maximum Gasteiger partial charge on any atom is 0.351 e. The fourth-order valence-corrected chi connectivity index (χ4v) is 4.36. The van der Waals surface area contributed by atoms with Crippen LogP contribution in [0.4, 0.5) is 0 Å². The lowest BCUT2D eigenvalue weighted by Crippen LogP contribution is -2.32. The summed E-state index contributed by atoms with van der Waals surface area (Å²) in [5, 5.41) is 7.73. The van der Waals surface area contributed by atoms with Crippen molar-refractivity contribution in [2.24, 2.45) is 7.05 Å². The molecule has 1 amide bonds. The van der Waals surface area contributed by atoms with Gasteiger partial charge in [0.15, 0.2) is 0 Å². The number of rotatable bonds is 4. The molecular formula is C23H23N5O3. The summed E-state index contributed by atoms with van der Waals surface area (Å²) >= 11 is 0. The molecule has 2 aromatic heterocycles. The fraction of sp³-hybridized carbons (Fsp3) is 0.304. The lowest BCUT2D eigenvalue weighted by molar-refractivity contribution is 0.0938. The Labute approximate surface area is 177 Å². The first-order valence-electron chi connectivity index (χ1n) is 10.5. The first kappa shape index (κ1) is 19.3. The van der Waals surface area contributed by atoms with Crippen molar-refractivity contribution in [3.8, 4) is 0 Å². The largest absolute Gasteiger partial charge is 0.351 e. The summed E-state index contributed by atoms with van der Waals surface area (Å²) in [5.74, 6) is 0.0644. The second-order valence-corrected chi connectivity index (χ2v) is 8.11. The van der Waals surface area contributed by atoms with Gasteiger partial charge in [-0.3, -0.25) is 14.2 Å². The number of aromatic nitrogens is 4. The summed E-state index contributed by atoms with van der Waals surface area (Å²) in [4.78, 5) is 39.0.